The molecule has 3 rings (SSSR count). The Balaban J connectivity index is 0.00000243. The third-order valence-electron chi connectivity index (χ3n) is 4.71. The lowest BCUT2D eigenvalue weighted by Crippen LogP contribution is -2.39. The zero-order valence-corrected chi connectivity index (χ0v) is 18.2. The van der Waals surface area contributed by atoms with E-state index in [0.717, 1.165) is 25.5 Å². The van der Waals surface area contributed by atoms with E-state index in [1.54, 1.807) is 0 Å². The van der Waals surface area contributed by atoms with Gasteiger partial charge in [0.2, 0.25) is 0 Å². The van der Waals surface area contributed by atoms with E-state index in [2.05, 4.69) is 88.4 Å². The predicted octanol–water partition coefficient (Wildman–Crippen LogP) is 3.68. The van der Waals surface area contributed by atoms with Crippen molar-refractivity contribution in [2.24, 2.45) is 12.0 Å². The lowest BCUT2D eigenvalue weighted by Gasteiger charge is -2.22. The van der Waals surface area contributed by atoms with Gasteiger partial charge in [-0.25, -0.2) is 0 Å². The number of aryl methyl sites for hydroxylation is 2. The first kappa shape index (κ1) is 20.4. The van der Waals surface area contributed by atoms with Crippen molar-refractivity contribution in [1.82, 2.24) is 19.8 Å². The minimum atomic E-state index is 0. The molecule has 0 aliphatic rings. The third kappa shape index (κ3) is 4.41. The largest absolute Gasteiger partial charge is 0.358 e. The Morgan fingerprint density at radius 2 is 2.00 bits per heavy atom. The number of hydrogen-bond donors (Lipinski definition) is 2. The molecule has 26 heavy (non-hydrogen) atoms. The lowest BCUT2D eigenvalue weighted by molar-refractivity contribution is 0.462. The molecule has 0 radical (unpaired) electrons. The Labute approximate surface area is 172 Å². The average Bonchev–Trinajstić information content (AvgIpc) is 3.14. The second-order valence-electron chi connectivity index (χ2n) is 6.46. The number of para-hydroxylation sites is 1. The second kappa shape index (κ2) is 9.12. The molecule has 140 valence electrons. The van der Waals surface area contributed by atoms with Crippen LogP contribution in [0.3, 0.4) is 0 Å². The van der Waals surface area contributed by atoms with Gasteiger partial charge in [-0.1, -0.05) is 18.2 Å². The van der Waals surface area contributed by atoms with Crippen LogP contribution < -0.4 is 5.32 Å². The quantitative estimate of drug-likeness (QED) is 0.343. The van der Waals surface area contributed by atoms with Gasteiger partial charge in [-0.2, -0.15) is 0 Å². The van der Waals surface area contributed by atoms with Crippen LogP contribution in [0.4, 0.5) is 0 Å². The van der Waals surface area contributed by atoms with Gasteiger partial charge in [-0.3, -0.25) is 4.99 Å². The van der Waals surface area contributed by atoms with Crippen LogP contribution in [-0.4, -0.2) is 41.1 Å². The number of benzene rings is 1. The first-order chi connectivity index (χ1) is 12.1. The molecule has 2 aromatic heterocycles. The van der Waals surface area contributed by atoms with Crippen molar-refractivity contribution in [2.75, 3.05) is 20.6 Å². The number of rotatable bonds is 5. The highest BCUT2D eigenvalue weighted by Crippen LogP contribution is 2.21. The van der Waals surface area contributed by atoms with Crippen LogP contribution in [-0.2, 0) is 20.0 Å². The number of nitrogens with one attached hydrogen (secondary N) is 2. The SMILES string of the molecule is CN=C(NCCc1c(C)[nH]c2ccccc12)N(C)Cc1cccn1C.I. The maximum absolute atomic E-state index is 4.42. The summed E-state index contributed by atoms with van der Waals surface area (Å²) in [7, 11) is 5.97. The number of fused-ring (bicyclic) bond motifs is 1. The molecule has 0 unspecified atom stereocenters. The number of aromatic amines is 1. The normalized spacial score (nSPS) is 11.5. The topological polar surface area (TPSA) is 48.4 Å². The summed E-state index contributed by atoms with van der Waals surface area (Å²) in [6.07, 6.45) is 3.03. The molecule has 6 heteroatoms. The minimum absolute atomic E-state index is 0. The Morgan fingerprint density at radius 3 is 2.69 bits per heavy atom. The second-order valence-corrected chi connectivity index (χ2v) is 6.46. The van der Waals surface area contributed by atoms with Crippen LogP contribution in [0.15, 0.2) is 47.6 Å². The van der Waals surface area contributed by atoms with Gasteiger partial charge in [-0.05, 0) is 37.1 Å². The highest BCUT2D eigenvalue weighted by molar-refractivity contribution is 14.0. The number of nitrogens with zero attached hydrogens (tertiary/aromatic N) is 3. The molecule has 0 aliphatic carbocycles. The minimum Gasteiger partial charge on any atom is -0.358 e. The highest BCUT2D eigenvalue weighted by Gasteiger charge is 2.10. The van der Waals surface area contributed by atoms with Crippen molar-refractivity contribution in [3.8, 4) is 0 Å². The monoisotopic (exact) mass is 465 g/mol. The predicted molar refractivity (Wildman–Crippen MR) is 120 cm³/mol. The summed E-state index contributed by atoms with van der Waals surface area (Å²) in [5, 5.41) is 4.80. The molecule has 0 spiro atoms. The number of H-pyrrole nitrogens is 1. The zero-order chi connectivity index (χ0) is 17.8. The van der Waals surface area contributed by atoms with Gasteiger partial charge in [0, 0.05) is 56.2 Å². The Hall–Kier alpha value is -1.96. The van der Waals surface area contributed by atoms with Crippen molar-refractivity contribution >= 4 is 40.8 Å². The first-order valence-corrected chi connectivity index (χ1v) is 8.68. The van der Waals surface area contributed by atoms with Crippen molar-refractivity contribution in [3.63, 3.8) is 0 Å². The summed E-state index contributed by atoms with van der Waals surface area (Å²) in [4.78, 5) is 10.0. The number of halogens is 1. The summed E-state index contributed by atoms with van der Waals surface area (Å²) in [5.74, 6) is 0.915. The van der Waals surface area contributed by atoms with Crippen LogP contribution in [0.1, 0.15) is 17.0 Å². The van der Waals surface area contributed by atoms with Crippen LogP contribution >= 0.6 is 24.0 Å². The summed E-state index contributed by atoms with van der Waals surface area (Å²) in [6, 6.07) is 12.7. The molecule has 0 saturated heterocycles. The van der Waals surface area contributed by atoms with E-state index >= 15 is 0 Å². The number of guanidine groups is 1. The fraction of sp³-hybridized carbons (Fsp3) is 0.350. The van der Waals surface area contributed by atoms with Crippen molar-refractivity contribution in [2.45, 2.75) is 19.9 Å². The Kier molecular flexibility index (Phi) is 7.14. The van der Waals surface area contributed by atoms with Gasteiger partial charge >= 0.3 is 0 Å². The van der Waals surface area contributed by atoms with Crippen molar-refractivity contribution in [3.05, 3.63) is 59.5 Å². The van der Waals surface area contributed by atoms with Gasteiger partial charge in [0.05, 0.1) is 6.54 Å². The number of aliphatic imine (C=N–C) groups is 1. The van der Waals surface area contributed by atoms with Gasteiger partial charge < -0.3 is 19.8 Å². The van der Waals surface area contributed by atoms with E-state index in [0.29, 0.717) is 0 Å². The van der Waals surface area contributed by atoms with Crippen molar-refractivity contribution < 1.29 is 0 Å². The molecule has 2 N–H and O–H groups in total. The summed E-state index contributed by atoms with van der Waals surface area (Å²) < 4.78 is 2.14. The van der Waals surface area contributed by atoms with Gasteiger partial charge in [-0.15, -0.1) is 24.0 Å². The molecular weight excluding hydrogens is 437 g/mol. The fourth-order valence-corrected chi connectivity index (χ4v) is 3.32. The molecule has 0 aliphatic heterocycles. The highest BCUT2D eigenvalue weighted by atomic mass is 127. The smallest absolute Gasteiger partial charge is 0.193 e. The maximum atomic E-state index is 4.42. The average molecular weight is 465 g/mol. The molecule has 0 amide bonds. The molecule has 0 atom stereocenters. The molecular formula is C20H28IN5. The van der Waals surface area contributed by atoms with Crippen LogP contribution in [0.2, 0.25) is 0 Å². The van der Waals surface area contributed by atoms with Gasteiger partial charge in [0.1, 0.15) is 0 Å². The first-order valence-electron chi connectivity index (χ1n) is 8.68. The molecule has 2 heterocycles. The van der Waals surface area contributed by atoms with Crippen LogP contribution in [0, 0.1) is 6.92 Å². The summed E-state index contributed by atoms with van der Waals surface area (Å²) >= 11 is 0. The summed E-state index contributed by atoms with van der Waals surface area (Å²) in [6.45, 7) is 3.83. The van der Waals surface area contributed by atoms with E-state index in [-0.39, 0.29) is 24.0 Å². The fourth-order valence-electron chi connectivity index (χ4n) is 3.32. The Bertz CT molecular complexity index is 877. The van der Waals surface area contributed by atoms with Gasteiger partial charge in [0.25, 0.3) is 0 Å². The standard InChI is InChI=1S/C20H27N5.HI/c1-15-17(18-9-5-6-10-19(18)23-15)11-12-22-20(21-2)25(4)14-16-8-7-13-24(16)3;/h5-10,13,23H,11-12,14H2,1-4H3,(H,21,22);1H. The molecule has 1 aromatic carbocycles. The maximum Gasteiger partial charge on any atom is 0.193 e. The third-order valence-corrected chi connectivity index (χ3v) is 4.71. The van der Waals surface area contributed by atoms with Crippen molar-refractivity contribution in [1.29, 1.82) is 0 Å². The number of hydrogen-bond acceptors (Lipinski definition) is 1. The van der Waals surface area contributed by atoms with E-state index < -0.39 is 0 Å². The molecule has 0 bridgehead atoms. The molecule has 0 fully saturated rings. The van der Waals surface area contributed by atoms with E-state index in [1.807, 2.05) is 7.05 Å². The lowest BCUT2D eigenvalue weighted by atomic mass is 10.1. The van der Waals surface area contributed by atoms with Crippen LogP contribution in [0.5, 0.6) is 0 Å². The van der Waals surface area contributed by atoms with Crippen LogP contribution in [0.25, 0.3) is 10.9 Å². The van der Waals surface area contributed by atoms with E-state index in [4.69, 9.17) is 0 Å². The zero-order valence-electron chi connectivity index (χ0n) is 15.9. The van der Waals surface area contributed by atoms with Gasteiger partial charge in [0.15, 0.2) is 5.96 Å². The summed E-state index contributed by atoms with van der Waals surface area (Å²) in [5.41, 5.74) is 5.09. The molecule has 0 saturated carbocycles. The van der Waals surface area contributed by atoms with E-state index in [1.165, 1.54) is 27.9 Å². The molecule has 3 aromatic rings. The Morgan fingerprint density at radius 1 is 1.23 bits per heavy atom. The number of aromatic nitrogens is 2. The molecule has 5 nitrogen and oxygen atoms in total. The van der Waals surface area contributed by atoms with E-state index in [9.17, 15) is 0 Å².